The lowest BCUT2D eigenvalue weighted by Gasteiger charge is -2.22. The SMILES string of the molecule is CCN1CCC[C@H]1CNCc1cccnc1. The van der Waals surface area contributed by atoms with Crippen LogP contribution in [0.2, 0.25) is 0 Å². The van der Waals surface area contributed by atoms with Crippen LogP contribution in [-0.2, 0) is 6.54 Å². The molecule has 0 amide bonds. The van der Waals surface area contributed by atoms with Crippen molar-refractivity contribution in [1.82, 2.24) is 15.2 Å². The lowest BCUT2D eigenvalue weighted by Crippen LogP contribution is -2.37. The third-order valence-corrected chi connectivity index (χ3v) is 3.34. The van der Waals surface area contributed by atoms with Crippen LogP contribution in [0.1, 0.15) is 25.3 Å². The first kappa shape index (κ1) is 11.6. The fourth-order valence-corrected chi connectivity index (χ4v) is 2.43. The van der Waals surface area contributed by atoms with Crippen LogP contribution < -0.4 is 5.32 Å². The van der Waals surface area contributed by atoms with Crippen LogP contribution in [0.3, 0.4) is 0 Å². The average molecular weight is 219 g/mol. The van der Waals surface area contributed by atoms with Gasteiger partial charge in [-0.3, -0.25) is 9.88 Å². The number of rotatable bonds is 5. The molecule has 0 spiro atoms. The Morgan fingerprint density at radius 3 is 3.25 bits per heavy atom. The van der Waals surface area contributed by atoms with E-state index in [1.807, 2.05) is 18.5 Å². The minimum Gasteiger partial charge on any atom is -0.311 e. The van der Waals surface area contributed by atoms with Gasteiger partial charge >= 0.3 is 0 Å². The van der Waals surface area contributed by atoms with Crippen LogP contribution in [0.5, 0.6) is 0 Å². The van der Waals surface area contributed by atoms with Crippen LogP contribution >= 0.6 is 0 Å². The highest BCUT2D eigenvalue weighted by atomic mass is 15.2. The van der Waals surface area contributed by atoms with Gasteiger partial charge in [0.1, 0.15) is 0 Å². The number of nitrogens with zero attached hydrogens (tertiary/aromatic N) is 2. The molecule has 3 heteroatoms. The lowest BCUT2D eigenvalue weighted by molar-refractivity contribution is 0.260. The number of likely N-dealkylation sites (tertiary alicyclic amines) is 1. The van der Waals surface area contributed by atoms with E-state index < -0.39 is 0 Å². The quantitative estimate of drug-likeness (QED) is 0.816. The molecule has 0 aliphatic carbocycles. The van der Waals surface area contributed by atoms with E-state index >= 15 is 0 Å². The van der Waals surface area contributed by atoms with E-state index in [2.05, 4.69) is 28.2 Å². The van der Waals surface area contributed by atoms with Crippen LogP contribution in [-0.4, -0.2) is 35.6 Å². The van der Waals surface area contributed by atoms with E-state index in [1.54, 1.807) is 0 Å². The van der Waals surface area contributed by atoms with E-state index in [9.17, 15) is 0 Å². The number of hydrogen-bond donors (Lipinski definition) is 1. The van der Waals surface area contributed by atoms with Crippen LogP contribution in [0.4, 0.5) is 0 Å². The second-order valence-electron chi connectivity index (χ2n) is 4.42. The molecule has 0 bridgehead atoms. The fourth-order valence-electron chi connectivity index (χ4n) is 2.43. The molecule has 1 N–H and O–H groups in total. The predicted molar refractivity (Wildman–Crippen MR) is 66.2 cm³/mol. The van der Waals surface area contributed by atoms with Crippen molar-refractivity contribution in [1.29, 1.82) is 0 Å². The Balaban J connectivity index is 1.72. The largest absolute Gasteiger partial charge is 0.311 e. The van der Waals surface area contributed by atoms with E-state index in [1.165, 1.54) is 31.5 Å². The molecule has 16 heavy (non-hydrogen) atoms. The van der Waals surface area contributed by atoms with Gasteiger partial charge in [-0.25, -0.2) is 0 Å². The summed E-state index contributed by atoms with van der Waals surface area (Å²) in [5, 5.41) is 3.53. The molecule has 0 unspecified atom stereocenters. The third-order valence-electron chi connectivity index (χ3n) is 3.34. The zero-order chi connectivity index (χ0) is 11.2. The molecule has 3 nitrogen and oxygen atoms in total. The molecular formula is C13H21N3. The minimum absolute atomic E-state index is 0.738. The molecule has 88 valence electrons. The van der Waals surface area contributed by atoms with E-state index in [0.717, 1.165) is 19.1 Å². The fraction of sp³-hybridized carbons (Fsp3) is 0.615. The molecule has 1 saturated heterocycles. The van der Waals surface area contributed by atoms with Gasteiger partial charge < -0.3 is 5.32 Å². The molecule has 0 saturated carbocycles. The Bertz CT molecular complexity index is 299. The van der Waals surface area contributed by atoms with Gasteiger partial charge in [0.2, 0.25) is 0 Å². The first-order valence-corrected chi connectivity index (χ1v) is 6.24. The lowest BCUT2D eigenvalue weighted by atomic mass is 10.2. The van der Waals surface area contributed by atoms with Gasteiger partial charge in [-0.2, -0.15) is 0 Å². The molecule has 0 radical (unpaired) electrons. The topological polar surface area (TPSA) is 28.2 Å². The maximum absolute atomic E-state index is 4.12. The summed E-state index contributed by atoms with van der Waals surface area (Å²) >= 11 is 0. The molecule has 1 aliphatic heterocycles. The summed E-state index contributed by atoms with van der Waals surface area (Å²) < 4.78 is 0. The van der Waals surface area contributed by atoms with Crippen molar-refractivity contribution >= 4 is 0 Å². The normalized spacial score (nSPS) is 21.4. The number of likely N-dealkylation sites (N-methyl/N-ethyl adjacent to an activating group) is 1. The summed E-state index contributed by atoms with van der Waals surface area (Å²) in [6.45, 7) is 6.74. The summed E-state index contributed by atoms with van der Waals surface area (Å²) in [5.41, 5.74) is 1.27. The standard InChI is InChI=1S/C13H21N3/c1-2-16-8-4-6-13(16)11-15-10-12-5-3-7-14-9-12/h3,5,7,9,13,15H,2,4,6,8,10-11H2,1H3/t13-/m0/s1. The summed E-state index contributed by atoms with van der Waals surface area (Å²) in [6, 6.07) is 4.85. The highest BCUT2D eigenvalue weighted by Crippen LogP contribution is 2.15. The smallest absolute Gasteiger partial charge is 0.0312 e. The molecule has 0 aromatic carbocycles. The molecular weight excluding hydrogens is 198 g/mol. The first-order chi connectivity index (χ1) is 7.90. The number of nitrogens with one attached hydrogen (secondary N) is 1. The highest BCUT2D eigenvalue weighted by Gasteiger charge is 2.21. The number of hydrogen-bond acceptors (Lipinski definition) is 3. The zero-order valence-corrected chi connectivity index (χ0v) is 10.0. The minimum atomic E-state index is 0.738. The van der Waals surface area contributed by atoms with Crippen molar-refractivity contribution in [2.45, 2.75) is 32.4 Å². The molecule has 1 aliphatic rings. The Kier molecular flexibility index (Phi) is 4.31. The van der Waals surface area contributed by atoms with Crippen molar-refractivity contribution in [3.05, 3.63) is 30.1 Å². The van der Waals surface area contributed by atoms with Crippen molar-refractivity contribution in [2.75, 3.05) is 19.6 Å². The van der Waals surface area contributed by atoms with Crippen LogP contribution in [0.15, 0.2) is 24.5 Å². The number of pyridine rings is 1. The molecule has 2 heterocycles. The van der Waals surface area contributed by atoms with E-state index in [-0.39, 0.29) is 0 Å². The van der Waals surface area contributed by atoms with E-state index in [4.69, 9.17) is 0 Å². The third kappa shape index (κ3) is 3.03. The maximum Gasteiger partial charge on any atom is 0.0312 e. The molecule has 1 fully saturated rings. The Hall–Kier alpha value is -0.930. The Morgan fingerprint density at radius 1 is 1.56 bits per heavy atom. The highest BCUT2D eigenvalue weighted by molar-refractivity contribution is 5.07. The van der Waals surface area contributed by atoms with Gasteiger partial charge in [0.25, 0.3) is 0 Å². The van der Waals surface area contributed by atoms with Crippen molar-refractivity contribution in [2.24, 2.45) is 0 Å². The number of aromatic nitrogens is 1. The van der Waals surface area contributed by atoms with Crippen LogP contribution in [0, 0.1) is 0 Å². The van der Waals surface area contributed by atoms with E-state index in [0.29, 0.717) is 0 Å². The van der Waals surface area contributed by atoms with Crippen LogP contribution in [0.25, 0.3) is 0 Å². The predicted octanol–water partition coefficient (Wildman–Crippen LogP) is 1.66. The van der Waals surface area contributed by atoms with Gasteiger partial charge in [-0.05, 0) is 37.6 Å². The second-order valence-corrected chi connectivity index (χ2v) is 4.42. The second kappa shape index (κ2) is 5.97. The molecule has 1 aromatic heterocycles. The maximum atomic E-state index is 4.12. The molecule has 1 aromatic rings. The summed E-state index contributed by atoms with van der Waals surface area (Å²) in [6.07, 6.45) is 6.44. The zero-order valence-electron chi connectivity index (χ0n) is 10.0. The average Bonchev–Trinajstić information content (AvgIpc) is 2.78. The Labute approximate surface area is 97.9 Å². The summed E-state index contributed by atoms with van der Waals surface area (Å²) in [7, 11) is 0. The van der Waals surface area contributed by atoms with Gasteiger partial charge in [0, 0.05) is 31.5 Å². The van der Waals surface area contributed by atoms with Gasteiger partial charge in [0.05, 0.1) is 0 Å². The molecule has 1 atom stereocenters. The Morgan fingerprint density at radius 2 is 2.50 bits per heavy atom. The molecule has 2 rings (SSSR count). The first-order valence-electron chi connectivity index (χ1n) is 6.24. The van der Waals surface area contributed by atoms with Crippen molar-refractivity contribution in [3.8, 4) is 0 Å². The monoisotopic (exact) mass is 219 g/mol. The van der Waals surface area contributed by atoms with Gasteiger partial charge in [0.15, 0.2) is 0 Å². The summed E-state index contributed by atoms with van der Waals surface area (Å²) in [4.78, 5) is 6.68. The van der Waals surface area contributed by atoms with Gasteiger partial charge in [-0.15, -0.1) is 0 Å². The van der Waals surface area contributed by atoms with Crippen molar-refractivity contribution in [3.63, 3.8) is 0 Å². The van der Waals surface area contributed by atoms with Crippen molar-refractivity contribution < 1.29 is 0 Å². The summed E-state index contributed by atoms with van der Waals surface area (Å²) in [5.74, 6) is 0. The van der Waals surface area contributed by atoms with Gasteiger partial charge in [-0.1, -0.05) is 13.0 Å².